The predicted octanol–water partition coefficient (Wildman–Crippen LogP) is 2.72. The molecule has 0 fully saturated rings. The third kappa shape index (κ3) is 7.54. The number of alkyl halides is 3. The molecule has 1 aromatic carbocycles. The number of guanidine groups is 1. The number of ether oxygens (including phenoxy) is 1. The van der Waals surface area contributed by atoms with Gasteiger partial charge < -0.3 is 15.8 Å². The first-order chi connectivity index (χ1) is 11.2. The number of nitrogens with zero attached hydrogens (tertiary/aromatic N) is 2. The Kier molecular flexibility index (Phi) is 7.84. The quantitative estimate of drug-likeness (QED) is 0.561. The Labute approximate surface area is 140 Å². The smallest absolute Gasteiger partial charge is 0.406 e. The summed E-state index contributed by atoms with van der Waals surface area (Å²) in [5.74, 6) is 0.0546. The van der Waals surface area contributed by atoms with Gasteiger partial charge in [-0.2, -0.15) is 0 Å². The maximum atomic E-state index is 12.1. The number of benzene rings is 1. The van der Waals surface area contributed by atoms with Gasteiger partial charge >= 0.3 is 6.36 Å². The summed E-state index contributed by atoms with van der Waals surface area (Å²) in [6.45, 7) is 9.19. The number of halogens is 3. The van der Waals surface area contributed by atoms with Crippen LogP contribution in [0.4, 0.5) is 13.2 Å². The fourth-order valence-corrected chi connectivity index (χ4v) is 2.26. The van der Waals surface area contributed by atoms with Gasteiger partial charge in [0.15, 0.2) is 5.96 Å². The number of hydrogen-bond donors (Lipinski definition) is 2. The van der Waals surface area contributed by atoms with Crippen LogP contribution >= 0.6 is 0 Å². The predicted molar refractivity (Wildman–Crippen MR) is 88.8 cm³/mol. The molecule has 0 aliphatic heterocycles. The lowest BCUT2D eigenvalue weighted by Crippen LogP contribution is -2.44. The number of nitrogens with two attached hydrogens (primary N) is 1. The molecule has 136 valence electrons. The van der Waals surface area contributed by atoms with Crippen LogP contribution in [0.15, 0.2) is 29.3 Å². The third-order valence-electron chi connectivity index (χ3n) is 3.60. The van der Waals surface area contributed by atoms with Crippen molar-refractivity contribution in [2.45, 2.75) is 39.7 Å². The highest BCUT2D eigenvalue weighted by molar-refractivity contribution is 5.77. The monoisotopic (exact) mass is 346 g/mol. The Morgan fingerprint density at radius 3 is 2.33 bits per heavy atom. The molecule has 24 heavy (non-hydrogen) atoms. The average molecular weight is 346 g/mol. The van der Waals surface area contributed by atoms with E-state index in [9.17, 15) is 13.2 Å². The maximum absolute atomic E-state index is 12.1. The highest BCUT2D eigenvalue weighted by Gasteiger charge is 2.30. The molecule has 8 heteroatoms. The standard InChI is InChI=1S/C16H25F3N4O/c1-4-23(5-2)12(3)10-21-15(20)22-11-13-6-8-14(9-7-13)24-16(17,18)19/h6-9,12H,4-5,10-11H2,1-3H3,(H3,20,21,22). The number of rotatable bonds is 8. The molecular formula is C16H25F3N4O. The van der Waals surface area contributed by atoms with Crippen molar-refractivity contribution in [3.8, 4) is 5.75 Å². The van der Waals surface area contributed by atoms with Crippen molar-refractivity contribution in [1.29, 1.82) is 0 Å². The number of nitrogens with one attached hydrogen (secondary N) is 1. The van der Waals surface area contributed by atoms with E-state index in [1.54, 1.807) is 0 Å². The number of hydrogen-bond acceptors (Lipinski definition) is 3. The van der Waals surface area contributed by atoms with Crippen LogP contribution in [0.25, 0.3) is 0 Å². The lowest BCUT2D eigenvalue weighted by atomic mass is 10.2. The molecule has 0 spiro atoms. The van der Waals surface area contributed by atoms with Crippen molar-refractivity contribution >= 4 is 5.96 Å². The summed E-state index contributed by atoms with van der Waals surface area (Å²) in [7, 11) is 0. The zero-order chi connectivity index (χ0) is 18.2. The molecule has 0 heterocycles. The minimum atomic E-state index is -4.68. The zero-order valence-electron chi connectivity index (χ0n) is 14.2. The van der Waals surface area contributed by atoms with Crippen LogP contribution in [-0.4, -0.2) is 42.9 Å². The van der Waals surface area contributed by atoms with Crippen molar-refractivity contribution in [2.24, 2.45) is 10.7 Å². The third-order valence-corrected chi connectivity index (χ3v) is 3.60. The molecule has 3 N–H and O–H groups in total. The van der Waals surface area contributed by atoms with E-state index in [2.05, 4.69) is 40.7 Å². The maximum Gasteiger partial charge on any atom is 0.573 e. The summed E-state index contributed by atoms with van der Waals surface area (Å²) in [6.07, 6.45) is -4.68. The van der Waals surface area contributed by atoms with Gasteiger partial charge in [-0.05, 0) is 37.7 Å². The SMILES string of the molecule is CCN(CC)C(C)CNC(N)=NCc1ccc(OC(F)(F)F)cc1. The van der Waals surface area contributed by atoms with Crippen LogP contribution in [0.1, 0.15) is 26.3 Å². The molecule has 0 radical (unpaired) electrons. The lowest BCUT2D eigenvalue weighted by molar-refractivity contribution is -0.274. The molecule has 0 saturated carbocycles. The van der Waals surface area contributed by atoms with Crippen LogP contribution < -0.4 is 15.8 Å². The van der Waals surface area contributed by atoms with E-state index in [0.29, 0.717) is 18.5 Å². The first-order valence-electron chi connectivity index (χ1n) is 7.87. The van der Waals surface area contributed by atoms with Gasteiger partial charge in [-0.3, -0.25) is 4.90 Å². The van der Waals surface area contributed by atoms with Gasteiger partial charge in [0.2, 0.25) is 0 Å². The molecule has 5 nitrogen and oxygen atoms in total. The largest absolute Gasteiger partial charge is 0.573 e. The van der Waals surface area contributed by atoms with Crippen molar-refractivity contribution in [3.05, 3.63) is 29.8 Å². The first kappa shape index (κ1) is 20.1. The summed E-state index contributed by atoms with van der Waals surface area (Å²) in [4.78, 5) is 6.47. The van der Waals surface area contributed by atoms with Crippen molar-refractivity contribution in [2.75, 3.05) is 19.6 Å². The fourth-order valence-electron chi connectivity index (χ4n) is 2.26. The van der Waals surface area contributed by atoms with Crippen molar-refractivity contribution < 1.29 is 17.9 Å². The molecule has 1 atom stereocenters. The molecular weight excluding hydrogens is 321 g/mol. The second kappa shape index (κ2) is 9.36. The van der Waals surface area contributed by atoms with E-state index in [-0.39, 0.29) is 12.3 Å². The van der Waals surface area contributed by atoms with Crippen LogP contribution in [0, 0.1) is 0 Å². The summed E-state index contributed by atoms with van der Waals surface area (Å²) >= 11 is 0. The molecule has 0 aliphatic rings. The lowest BCUT2D eigenvalue weighted by Gasteiger charge is -2.26. The molecule has 1 aromatic rings. The van der Waals surface area contributed by atoms with E-state index in [0.717, 1.165) is 18.7 Å². The Bertz CT molecular complexity index is 513. The van der Waals surface area contributed by atoms with Gasteiger partial charge in [0.1, 0.15) is 5.75 Å². The van der Waals surface area contributed by atoms with Gasteiger partial charge in [0.05, 0.1) is 6.54 Å². The minimum Gasteiger partial charge on any atom is -0.406 e. The average Bonchev–Trinajstić information content (AvgIpc) is 2.52. The highest BCUT2D eigenvalue weighted by atomic mass is 19.4. The summed E-state index contributed by atoms with van der Waals surface area (Å²) in [5, 5.41) is 3.06. The van der Waals surface area contributed by atoms with Gasteiger partial charge in [-0.1, -0.05) is 26.0 Å². The normalized spacial score (nSPS) is 13.9. The molecule has 0 aliphatic carbocycles. The Morgan fingerprint density at radius 2 is 1.83 bits per heavy atom. The van der Waals surface area contributed by atoms with Gasteiger partial charge in [0.25, 0.3) is 0 Å². The molecule has 0 aromatic heterocycles. The number of likely N-dealkylation sites (N-methyl/N-ethyl adjacent to an activating group) is 1. The molecule has 0 bridgehead atoms. The second-order valence-corrected chi connectivity index (χ2v) is 5.34. The zero-order valence-corrected chi connectivity index (χ0v) is 14.2. The Balaban J connectivity index is 2.47. The van der Waals surface area contributed by atoms with E-state index in [1.807, 2.05) is 0 Å². The molecule has 0 saturated heterocycles. The Morgan fingerprint density at radius 1 is 1.25 bits per heavy atom. The van der Waals surface area contributed by atoms with Crippen LogP contribution in [0.3, 0.4) is 0 Å². The first-order valence-corrected chi connectivity index (χ1v) is 7.87. The summed E-state index contributed by atoms with van der Waals surface area (Å²) in [6, 6.07) is 5.88. The van der Waals surface area contributed by atoms with E-state index in [4.69, 9.17) is 5.73 Å². The summed E-state index contributed by atoms with van der Waals surface area (Å²) in [5.41, 5.74) is 6.55. The molecule has 1 rings (SSSR count). The van der Waals surface area contributed by atoms with E-state index >= 15 is 0 Å². The van der Waals surface area contributed by atoms with Gasteiger partial charge in [-0.25, -0.2) is 4.99 Å². The minimum absolute atomic E-state index is 0.255. The van der Waals surface area contributed by atoms with Crippen LogP contribution in [0.5, 0.6) is 5.75 Å². The number of aliphatic imine (C=N–C) groups is 1. The van der Waals surface area contributed by atoms with Crippen molar-refractivity contribution in [1.82, 2.24) is 10.2 Å². The van der Waals surface area contributed by atoms with E-state index in [1.165, 1.54) is 24.3 Å². The van der Waals surface area contributed by atoms with Crippen LogP contribution in [-0.2, 0) is 6.54 Å². The topological polar surface area (TPSA) is 62.9 Å². The van der Waals surface area contributed by atoms with Gasteiger partial charge in [-0.15, -0.1) is 13.2 Å². The Hall–Kier alpha value is -1.96. The van der Waals surface area contributed by atoms with E-state index < -0.39 is 6.36 Å². The second-order valence-electron chi connectivity index (χ2n) is 5.34. The molecule has 0 amide bonds. The summed E-state index contributed by atoms with van der Waals surface area (Å²) < 4.78 is 40.1. The highest BCUT2D eigenvalue weighted by Crippen LogP contribution is 2.22. The van der Waals surface area contributed by atoms with Crippen LogP contribution in [0.2, 0.25) is 0 Å². The van der Waals surface area contributed by atoms with Crippen molar-refractivity contribution in [3.63, 3.8) is 0 Å². The molecule has 1 unspecified atom stereocenters. The fraction of sp³-hybridized carbons (Fsp3) is 0.562. The van der Waals surface area contributed by atoms with Gasteiger partial charge in [0, 0.05) is 12.6 Å².